The number of hydrogen-bond donors (Lipinski definition) is 1. The van der Waals surface area contributed by atoms with Crippen molar-refractivity contribution < 1.29 is 22.8 Å². The van der Waals surface area contributed by atoms with Gasteiger partial charge in [0.05, 0.1) is 27.0 Å². The van der Waals surface area contributed by atoms with E-state index in [9.17, 15) is 23.3 Å². The van der Waals surface area contributed by atoms with Crippen LogP contribution in [0.1, 0.15) is 5.56 Å². The Balaban J connectivity index is 2.27. The molecular weight excluding hydrogens is 405 g/mol. The Labute approximate surface area is 152 Å². The summed E-state index contributed by atoms with van der Waals surface area (Å²) in [5, 5.41) is 21.5. The molecule has 0 atom stereocenters. The zero-order valence-corrected chi connectivity index (χ0v) is 14.9. The van der Waals surface area contributed by atoms with Gasteiger partial charge in [-0.05, 0) is 17.8 Å². The number of anilines is 1. The number of methoxy groups -OCH3 is 1. The van der Waals surface area contributed by atoms with E-state index in [1.807, 2.05) is 0 Å². The molecule has 1 aromatic heterocycles. The molecule has 1 heterocycles. The van der Waals surface area contributed by atoms with E-state index >= 15 is 0 Å². The third-order valence-corrected chi connectivity index (χ3v) is 5.03. The highest BCUT2D eigenvalue weighted by Crippen LogP contribution is 2.43. The Morgan fingerprint density at radius 2 is 2.16 bits per heavy atom. The summed E-state index contributed by atoms with van der Waals surface area (Å²) in [6.45, 7) is 0.935. The Kier molecular flexibility index (Phi) is 6.43. The number of halogens is 4. The summed E-state index contributed by atoms with van der Waals surface area (Å²) < 4.78 is 43.7. The minimum absolute atomic E-state index is 0.0532. The molecule has 0 amide bonds. The molecule has 25 heavy (non-hydrogen) atoms. The van der Waals surface area contributed by atoms with Gasteiger partial charge < -0.3 is 10.1 Å². The van der Waals surface area contributed by atoms with Gasteiger partial charge in [-0.15, -0.1) is 10.2 Å². The van der Waals surface area contributed by atoms with Gasteiger partial charge in [-0.3, -0.25) is 10.1 Å². The fourth-order valence-corrected chi connectivity index (χ4v) is 3.86. The van der Waals surface area contributed by atoms with Crippen LogP contribution in [-0.4, -0.2) is 35.4 Å². The zero-order chi connectivity index (χ0) is 18.6. The molecule has 0 aliphatic heterocycles. The number of nitro groups is 1. The smallest absolute Gasteiger partial charge is 0.383 e. The second kappa shape index (κ2) is 8.17. The van der Waals surface area contributed by atoms with Gasteiger partial charge in [-0.1, -0.05) is 22.9 Å². The maximum absolute atomic E-state index is 12.8. The lowest BCUT2D eigenvalue weighted by molar-refractivity contribution is -0.388. The van der Waals surface area contributed by atoms with E-state index in [-0.39, 0.29) is 4.90 Å². The van der Waals surface area contributed by atoms with Crippen LogP contribution in [0.2, 0.25) is 5.02 Å². The third kappa shape index (κ3) is 5.17. The molecular formula is C12H10ClF3N4O3S2. The number of nitrogens with one attached hydrogen (secondary N) is 1. The summed E-state index contributed by atoms with van der Waals surface area (Å²) in [6.07, 6.45) is -4.79. The molecule has 1 N–H and O–H groups in total. The largest absolute Gasteiger partial charge is 0.418 e. The molecule has 136 valence electrons. The number of alkyl halides is 3. The van der Waals surface area contributed by atoms with E-state index in [1.54, 1.807) is 0 Å². The highest BCUT2D eigenvalue weighted by molar-refractivity contribution is 8.01. The number of ether oxygens (including phenoxy) is 1. The first kappa shape index (κ1) is 19.7. The van der Waals surface area contributed by atoms with Crippen LogP contribution < -0.4 is 5.32 Å². The van der Waals surface area contributed by atoms with Crippen molar-refractivity contribution in [2.45, 2.75) is 15.4 Å². The van der Waals surface area contributed by atoms with Crippen molar-refractivity contribution >= 4 is 45.5 Å². The summed E-state index contributed by atoms with van der Waals surface area (Å²) in [7, 11) is 1.54. The lowest BCUT2D eigenvalue weighted by Crippen LogP contribution is -2.07. The first-order chi connectivity index (χ1) is 11.7. The predicted molar refractivity (Wildman–Crippen MR) is 87.5 cm³/mol. The molecule has 0 saturated heterocycles. The monoisotopic (exact) mass is 414 g/mol. The van der Waals surface area contributed by atoms with Crippen LogP contribution >= 0.6 is 34.7 Å². The lowest BCUT2D eigenvalue weighted by atomic mass is 10.2. The molecule has 7 nitrogen and oxygen atoms in total. The second-order valence-electron chi connectivity index (χ2n) is 4.45. The molecule has 0 aliphatic rings. The summed E-state index contributed by atoms with van der Waals surface area (Å²) >= 11 is 7.55. The average Bonchev–Trinajstić information content (AvgIpc) is 2.93. The summed E-state index contributed by atoms with van der Waals surface area (Å²) in [5.74, 6) is 0. The number of nitro benzene ring substituents is 1. The van der Waals surface area contributed by atoms with Crippen molar-refractivity contribution in [2.24, 2.45) is 0 Å². The van der Waals surface area contributed by atoms with Crippen LogP contribution in [0.5, 0.6) is 0 Å². The van der Waals surface area contributed by atoms with Crippen molar-refractivity contribution in [2.75, 3.05) is 25.6 Å². The third-order valence-electron chi connectivity index (χ3n) is 2.74. The summed E-state index contributed by atoms with van der Waals surface area (Å²) in [4.78, 5) is 10.2. The van der Waals surface area contributed by atoms with Gasteiger partial charge in [0.2, 0.25) is 5.13 Å². The molecule has 2 rings (SSSR count). The van der Waals surface area contributed by atoms with Gasteiger partial charge in [0.25, 0.3) is 5.69 Å². The van der Waals surface area contributed by atoms with E-state index in [0.29, 0.717) is 28.7 Å². The molecule has 2 aromatic rings. The van der Waals surface area contributed by atoms with Crippen LogP contribution in [0.4, 0.5) is 24.0 Å². The van der Waals surface area contributed by atoms with Crippen LogP contribution in [0.3, 0.4) is 0 Å². The van der Waals surface area contributed by atoms with Crippen LogP contribution in [0.25, 0.3) is 0 Å². The van der Waals surface area contributed by atoms with Crippen molar-refractivity contribution in [3.05, 3.63) is 32.8 Å². The fourth-order valence-electron chi connectivity index (χ4n) is 1.66. The summed E-state index contributed by atoms with van der Waals surface area (Å²) in [6, 6.07) is 1.33. The highest BCUT2D eigenvalue weighted by Gasteiger charge is 2.36. The minimum Gasteiger partial charge on any atom is -0.383 e. The normalized spacial score (nSPS) is 11.6. The van der Waals surface area contributed by atoms with Crippen molar-refractivity contribution in [1.29, 1.82) is 0 Å². The maximum atomic E-state index is 12.8. The van der Waals surface area contributed by atoms with Crippen LogP contribution in [0, 0.1) is 10.1 Å². The van der Waals surface area contributed by atoms with Gasteiger partial charge in [-0.25, -0.2) is 0 Å². The Morgan fingerprint density at radius 3 is 2.76 bits per heavy atom. The topological polar surface area (TPSA) is 90.2 Å². The minimum atomic E-state index is -4.79. The van der Waals surface area contributed by atoms with E-state index in [4.69, 9.17) is 16.3 Å². The van der Waals surface area contributed by atoms with Gasteiger partial charge in [0, 0.05) is 19.7 Å². The first-order valence-electron chi connectivity index (χ1n) is 6.51. The number of hydrogen-bond acceptors (Lipinski definition) is 8. The maximum Gasteiger partial charge on any atom is 0.418 e. The second-order valence-corrected chi connectivity index (χ2v) is 7.12. The molecule has 1 aromatic carbocycles. The van der Waals surface area contributed by atoms with E-state index < -0.39 is 27.4 Å². The number of nitrogens with zero attached hydrogens (tertiary/aromatic N) is 3. The van der Waals surface area contributed by atoms with Crippen molar-refractivity contribution in [1.82, 2.24) is 10.2 Å². The number of aromatic nitrogens is 2. The molecule has 0 bridgehead atoms. The molecule has 0 fully saturated rings. The Bertz CT molecular complexity index is 773. The first-order valence-corrected chi connectivity index (χ1v) is 8.52. The van der Waals surface area contributed by atoms with Crippen LogP contribution in [-0.2, 0) is 10.9 Å². The molecule has 13 heteroatoms. The standard InChI is InChI=1S/C12H10ClF3N4O3S2/c1-23-3-2-17-10-18-19-11(25-10)24-9-5-7(13)6(12(14,15)16)4-8(9)20(21)22/h4-5H,2-3H2,1H3,(H,17,18). The van der Waals surface area contributed by atoms with Gasteiger partial charge in [0.1, 0.15) is 0 Å². The molecule has 0 radical (unpaired) electrons. The Hall–Kier alpha value is -1.63. The quantitative estimate of drug-likeness (QED) is 0.409. The highest BCUT2D eigenvalue weighted by atomic mass is 35.5. The Morgan fingerprint density at radius 1 is 1.44 bits per heavy atom. The molecule has 0 spiro atoms. The molecule has 0 saturated carbocycles. The lowest BCUT2D eigenvalue weighted by Gasteiger charge is -2.10. The molecule has 0 aliphatic carbocycles. The molecule has 0 unspecified atom stereocenters. The number of benzene rings is 1. The summed E-state index contributed by atoms with van der Waals surface area (Å²) in [5.41, 5.74) is -1.96. The van der Waals surface area contributed by atoms with E-state index in [2.05, 4.69) is 15.5 Å². The van der Waals surface area contributed by atoms with Gasteiger partial charge >= 0.3 is 6.18 Å². The van der Waals surface area contributed by atoms with Crippen molar-refractivity contribution in [3.63, 3.8) is 0 Å². The van der Waals surface area contributed by atoms with Gasteiger partial charge in [-0.2, -0.15) is 13.2 Å². The fraction of sp³-hybridized carbons (Fsp3) is 0.333. The SMILES string of the molecule is COCCNc1nnc(Sc2cc(Cl)c(C(F)(F)F)cc2[N+](=O)[O-])s1. The zero-order valence-electron chi connectivity index (χ0n) is 12.5. The number of rotatable bonds is 7. The predicted octanol–water partition coefficient (Wildman–Crippen LogP) is 4.33. The average molecular weight is 415 g/mol. The van der Waals surface area contributed by atoms with Gasteiger partial charge in [0.15, 0.2) is 4.34 Å². The van der Waals surface area contributed by atoms with E-state index in [1.165, 1.54) is 7.11 Å². The van der Waals surface area contributed by atoms with Crippen LogP contribution in [0.15, 0.2) is 21.4 Å². The van der Waals surface area contributed by atoms with E-state index in [0.717, 1.165) is 29.2 Å². The van der Waals surface area contributed by atoms with Crippen molar-refractivity contribution in [3.8, 4) is 0 Å².